The fraction of sp³-hybridized carbons (Fsp3) is 0.364. The molecule has 0 spiro atoms. The first-order valence-corrected chi connectivity index (χ1v) is 5.12. The van der Waals surface area contributed by atoms with Gasteiger partial charge in [0.2, 0.25) is 0 Å². The van der Waals surface area contributed by atoms with Crippen molar-refractivity contribution in [2.24, 2.45) is 5.73 Å². The number of hydrogen-bond donors (Lipinski definition) is 1. The van der Waals surface area contributed by atoms with Crippen molar-refractivity contribution < 1.29 is 9.47 Å². The fourth-order valence-corrected chi connectivity index (χ4v) is 1.31. The van der Waals surface area contributed by atoms with Crippen LogP contribution in [0.1, 0.15) is 5.56 Å². The SMILES string of the molecule is COCCOc1ccc(CC(N)=S)cc1. The van der Waals surface area contributed by atoms with Gasteiger partial charge in [0.1, 0.15) is 12.4 Å². The van der Waals surface area contributed by atoms with Crippen molar-refractivity contribution in [2.75, 3.05) is 20.3 Å². The van der Waals surface area contributed by atoms with E-state index in [0.717, 1.165) is 11.3 Å². The molecule has 0 bridgehead atoms. The molecule has 0 aromatic heterocycles. The number of nitrogens with two attached hydrogens (primary N) is 1. The van der Waals surface area contributed by atoms with Gasteiger partial charge in [-0.15, -0.1) is 0 Å². The fourth-order valence-electron chi connectivity index (χ4n) is 1.15. The summed E-state index contributed by atoms with van der Waals surface area (Å²) < 4.78 is 10.3. The molecule has 0 aliphatic carbocycles. The van der Waals surface area contributed by atoms with E-state index >= 15 is 0 Å². The molecular formula is C11H15NO2S. The van der Waals surface area contributed by atoms with Crippen molar-refractivity contribution in [3.8, 4) is 5.75 Å². The summed E-state index contributed by atoms with van der Waals surface area (Å²) in [5, 5.41) is 0. The van der Waals surface area contributed by atoms with E-state index in [0.29, 0.717) is 24.6 Å². The highest BCUT2D eigenvalue weighted by Crippen LogP contribution is 2.12. The summed E-state index contributed by atoms with van der Waals surface area (Å²) in [5.74, 6) is 0.832. The van der Waals surface area contributed by atoms with E-state index in [1.807, 2.05) is 24.3 Å². The van der Waals surface area contributed by atoms with Crippen LogP contribution >= 0.6 is 12.2 Å². The predicted octanol–water partition coefficient (Wildman–Crippen LogP) is 1.54. The summed E-state index contributed by atoms with van der Waals surface area (Å²) in [6.45, 7) is 1.15. The van der Waals surface area contributed by atoms with Crippen LogP contribution in [0.15, 0.2) is 24.3 Å². The van der Waals surface area contributed by atoms with E-state index in [2.05, 4.69) is 0 Å². The average molecular weight is 225 g/mol. The van der Waals surface area contributed by atoms with E-state index in [1.165, 1.54) is 0 Å². The summed E-state index contributed by atoms with van der Waals surface area (Å²) in [6, 6.07) is 7.73. The molecule has 1 rings (SSSR count). The van der Waals surface area contributed by atoms with Gasteiger partial charge in [-0.25, -0.2) is 0 Å². The Labute approximate surface area is 95.2 Å². The Bertz CT molecular complexity index is 311. The highest BCUT2D eigenvalue weighted by atomic mass is 32.1. The van der Waals surface area contributed by atoms with E-state index in [9.17, 15) is 0 Å². The second kappa shape index (κ2) is 6.37. The quantitative estimate of drug-likeness (QED) is 0.589. The van der Waals surface area contributed by atoms with Crippen LogP contribution in [0.4, 0.5) is 0 Å². The monoisotopic (exact) mass is 225 g/mol. The molecule has 15 heavy (non-hydrogen) atoms. The Kier molecular flexibility index (Phi) is 5.07. The van der Waals surface area contributed by atoms with Crippen molar-refractivity contribution in [1.29, 1.82) is 0 Å². The highest BCUT2D eigenvalue weighted by molar-refractivity contribution is 7.80. The number of ether oxygens (including phenoxy) is 2. The molecule has 0 aliphatic rings. The van der Waals surface area contributed by atoms with Gasteiger partial charge >= 0.3 is 0 Å². The van der Waals surface area contributed by atoms with Crippen molar-refractivity contribution in [3.05, 3.63) is 29.8 Å². The number of benzene rings is 1. The lowest BCUT2D eigenvalue weighted by molar-refractivity contribution is 0.146. The van der Waals surface area contributed by atoms with Crippen LogP contribution in [-0.4, -0.2) is 25.3 Å². The van der Waals surface area contributed by atoms with E-state index in [4.69, 9.17) is 27.4 Å². The van der Waals surface area contributed by atoms with Gasteiger partial charge in [0.15, 0.2) is 0 Å². The Hall–Kier alpha value is -1.13. The lowest BCUT2D eigenvalue weighted by Crippen LogP contribution is -2.10. The predicted molar refractivity (Wildman–Crippen MR) is 64.3 cm³/mol. The second-order valence-electron chi connectivity index (χ2n) is 3.13. The van der Waals surface area contributed by atoms with Gasteiger partial charge in [-0.2, -0.15) is 0 Å². The molecule has 1 aromatic rings. The van der Waals surface area contributed by atoms with Crippen LogP contribution in [0.3, 0.4) is 0 Å². The molecule has 1 aromatic carbocycles. The topological polar surface area (TPSA) is 44.5 Å². The minimum absolute atomic E-state index is 0.503. The molecule has 3 nitrogen and oxygen atoms in total. The highest BCUT2D eigenvalue weighted by Gasteiger charge is 1.96. The lowest BCUT2D eigenvalue weighted by Gasteiger charge is -2.06. The maximum atomic E-state index is 5.44. The summed E-state index contributed by atoms with van der Waals surface area (Å²) in [5.41, 5.74) is 6.54. The largest absolute Gasteiger partial charge is 0.491 e. The maximum absolute atomic E-state index is 5.44. The van der Waals surface area contributed by atoms with Crippen molar-refractivity contribution in [3.63, 3.8) is 0 Å². The van der Waals surface area contributed by atoms with Gasteiger partial charge < -0.3 is 15.2 Å². The van der Waals surface area contributed by atoms with Gasteiger partial charge in [0.25, 0.3) is 0 Å². The van der Waals surface area contributed by atoms with Crippen molar-refractivity contribution in [2.45, 2.75) is 6.42 Å². The average Bonchev–Trinajstić information content (AvgIpc) is 2.20. The molecule has 0 aliphatic heterocycles. The van der Waals surface area contributed by atoms with Crippen molar-refractivity contribution in [1.82, 2.24) is 0 Å². The second-order valence-corrected chi connectivity index (χ2v) is 3.65. The number of rotatable bonds is 6. The standard InChI is InChI=1S/C11H15NO2S/c1-13-6-7-14-10-4-2-9(3-5-10)8-11(12)15/h2-5H,6-8H2,1H3,(H2,12,15). The summed E-state index contributed by atoms with van der Waals surface area (Å²) >= 11 is 4.83. The maximum Gasteiger partial charge on any atom is 0.119 e. The van der Waals surface area contributed by atoms with Crippen LogP contribution in [0, 0.1) is 0 Å². The van der Waals surface area contributed by atoms with Gasteiger partial charge in [-0.1, -0.05) is 24.4 Å². The van der Waals surface area contributed by atoms with Crippen LogP contribution in [0.5, 0.6) is 5.75 Å². The first-order chi connectivity index (χ1) is 7.22. The number of thiocarbonyl (C=S) groups is 1. The molecule has 0 fully saturated rings. The Morgan fingerprint density at radius 1 is 1.27 bits per heavy atom. The Morgan fingerprint density at radius 3 is 2.47 bits per heavy atom. The molecular weight excluding hydrogens is 210 g/mol. The lowest BCUT2D eigenvalue weighted by atomic mass is 10.1. The van der Waals surface area contributed by atoms with Gasteiger partial charge in [-0.05, 0) is 17.7 Å². The van der Waals surface area contributed by atoms with E-state index < -0.39 is 0 Å². The van der Waals surface area contributed by atoms with E-state index in [1.54, 1.807) is 7.11 Å². The molecule has 0 saturated heterocycles. The zero-order chi connectivity index (χ0) is 11.1. The molecule has 4 heteroatoms. The van der Waals surface area contributed by atoms with Gasteiger partial charge in [0, 0.05) is 13.5 Å². The minimum Gasteiger partial charge on any atom is -0.491 e. The Morgan fingerprint density at radius 2 is 1.93 bits per heavy atom. The summed E-state index contributed by atoms with van der Waals surface area (Å²) in [7, 11) is 1.65. The molecule has 0 atom stereocenters. The molecule has 82 valence electrons. The molecule has 0 unspecified atom stereocenters. The first-order valence-electron chi connectivity index (χ1n) is 4.71. The zero-order valence-corrected chi connectivity index (χ0v) is 9.55. The third-order valence-electron chi connectivity index (χ3n) is 1.86. The van der Waals surface area contributed by atoms with E-state index in [-0.39, 0.29) is 0 Å². The normalized spacial score (nSPS) is 9.93. The summed E-state index contributed by atoms with van der Waals surface area (Å²) in [6.07, 6.45) is 0.633. The van der Waals surface area contributed by atoms with Crippen LogP contribution in [0.25, 0.3) is 0 Å². The summed E-state index contributed by atoms with van der Waals surface area (Å²) in [4.78, 5) is 0.503. The third kappa shape index (κ3) is 4.76. The molecule has 0 radical (unpaired) electrons. The number of methoxy groups -OCH3 is 1. The molecule has 2 N–H and O–H groups in total. The van der Waals surface area contributed by atoms with Crippen LogP contribution in [0.2, 0.25) is 0 Å². The molecule has 0 heterocycles. The zero-order valence-electron chi connectivity index (χ0n) is 8.73. The van der Waals surface area contributed by atoms with Crippen molar-refractivity contribution >= 4 is 17.2 Å². The molecule has 0 amide bonds. The van der Waals surface area contributed by atoms with Crippen LogP contribution in [-0.2, 0) is 11.2 Å². The molecule has 0 saturated carbocycles. The van der Waals surface area contributed by atoms with Crippen LogP contribution < -0.4 is 10.5 Å². The number of hydrogen-bond acceptors (Lipinski definition) is 3. The van der Waals surface area contributed by atoms with Gasteiger partial charge in [0.05, 0.1) is 11.6 Å². The van der Waals surface area contributed by atoms with Gasteiger partial charge in [-0.3, -0.25) is 0 Å². The first kappa shape index (κ1) is 11.9. The minimum atomic E-state index is 0.503. The smallest absolute Gasteiger partial charge is 0.119 e. The Balaban J connectivity index is 2.45. The third-order valence-corrected chi connectivity index (χ3v) is 2.00.